The van der Waals surface area contributed by atoms with Gasteiger partial charge in [0, 0.05) is 25.0 Å². The van der Waals surface area contributed by atoms with E-state index in [2.05, 4.69) is 20.4 Å². The van der Waals surface area contributed by atoms with E-state index >= 15 is 0 Å². The summed E-state index contributed by atoms with van der Waals surface area (Å²) in [7, 11) is 0. The second kappa shape index (κ2) is 7.56. The second-order valence-electron chi connectivity index (χ2n) is 5.36. The SMILES string of the molecule is Nc1ccc(C(=O)N/N=C/c2ccc(N3CCOCC3)cc2)cn1. The first-order valence-electron chi connectivity index (χ1n) is 7.70. The van der Waals surface area contributed by atoms with E-state index in [1.807, 2.05) is 24.3 Å². The minimum Gasteiger partial charge on any atom is -0.384 e. The third kappa shape index (κ3) is 4.08. The van der Waals surface area contributed by atoms with Crippen LogP contribution in [-0.4, -0.2) is 43.4 Å². The fourth-order valence-electron chi connectivity index (χ4n) is 2.36. The van der Waals surface area contributed by atoms with Gasteiger partial charge >= 0.3 is 0 Å². The third-order valence-corrected chi connectivity index (χ3v) is 3.70. The first-order valence-corrected chi connectivity index (χ1v) is 7.70. The summed E-state index contributed by atoms with van der Waals surface area (Å²) < 4.78 is 5.35. The van der Waals surface area contributed by atoms with Crippen LogP contribution >= 0.6 is 0 Å². The lowest BCUT2D eigenvalue weighted by Gasteiger charge is -2.28. The molecule has 1 aliphatic rings. The summed E-state index contributed by atoms with van der Waals surface area (Å²) in [5.74, 6) is 0.0408. The molecule has 2 aromatic rings. The van der Waals surface area contributed by atoms with Crippen molar-refractivity contribution in [2.24, 2.45) is 5.10 Å². The summed E-state index contributed by atoms with van der Waals surface area (Å²) in [5, 5.41) is 3.97. The first kappa shape index (κ1) is 15.9. The van der Waals surface area contributed by atoms with Crippen molar-refractivity contribution >= 4 is 23.6 Å². The highest BCUT2D eigenvalue weighted by atomic mass is 16.5. The summed E-state index contributed by atoms with van der Waals surface area (Å²) in [4.78, 5) is 18.0. The number of hydrazone groups is 1. The molecule has 7 heteroatoms. The van der Waals surface area contributed by atoms with E-state index in [0.29, 0.717) is 11.4 Å². The number of carbonyl (C=O) groups excluding carboxylic acids is 1. The van der Waals surface area contributed by atoms with Crippen molar-refractivity contribution in [1.29, 1.82) is 0 Å². The van der Waals surface area contributed by atoms with Crippen LogP contribution in [0, 0.1) is 0 Å². The number of hydrogen-bond acceptors (Lipinski definition) is 6. The van der Waals surface area contributed by atoms with Gasteiger partial charge in [-0.1, -0.05) is 12.1 Å². The Morgan fingerprint density at radius 3 is 2.62 bits per heavy atom. The van der Waals surface area contributed by atoms with Crippen LogP contribution in [0.3, 0.4) is 0 Å². The van der Waals surface area contributed by atoms with E-state index in [-0.39, 0.29) is 5.91 Å². The topological polar surface area (TPSA) is 92.8 Å². The van der Waals surface area contributed by atoms with Crippen molar-refractivity contribution in [3.05, 3.63) is 53.7 Å². The van der Waals surface area contributed by atoms with E-state index in [9.17, 15) is 4.79 Å². The van der Waals surface area contributed by atoms with Crippen LogP contribution in [0.4, 0.5) is 11.5 Å². The van der Waals surface area contributed by atoms with E-state index in [1.54, 1.807) is 18.3 Å². The minimum absolute atomic E-state index is 0.330. The van der Waals surface area contributed by atoms with Crippen LogP contribution < -0.4 is 16.1 Å². The van der Waals surface area contributed by atoms with Crippen LogP contribution in [0.15, 0.2) is 47.7 Å². The molecule has 0 radical (unpaired) electrons. The fourth-order valence-corrected chi connectivity index (χ4v) is 2.36. The normalized spacial score (nSPS) is 14.8. The fraction of sp³-hybridized carbons (Fsp3) is 0.235. The number of amides is 1. The molecule has 0 bridgehead atoms. The second-order valence-corrected chi connectivity index (χ2v) is 5.36. The number of anilines is 2. The molecular formula is C17H19N5O2. The van der Waals surface area contributed by atoms with Gasteiger partial charge in [-0.25, -0.2) is 10.4 Å². The average Bonchev–Trinajstić information content (AvgIpc) is 2.63. The lowest BCUT2D eigenvalue weighted by Crippen LogP contribution is -2.36. The monoisotopic (exact) mass is 325 g/mol. The van der Waals surface area contributed by atoms with Gasteiger partial charge in [-0.3, -0.25) is 4.79 Å². The van der Waals surface area contributed by atoms with E-state index in [1.165, 1.54) is 6.20 Å². The van der Waals surface area contributed by atoms with Crippen molar-refractivity contribution in [3.8, 4) is 0 Å². The van der Waals surface area contributed by atoms with Crippen LogP contribution in [0.2, 0.25) is 0 Å². The van der Waals surface area contributed by atoms with Crippen LogP contribution in [0.5, 0.6) is 0 Å². The molecule has 124 valence electrons. The van der Waals surface area contributed by atoms with Crippen molar-refractivity contribution in [1.82, 2.24) is 10.4 Å². The smallest absolute Gasteiger partial charge is 0.272 e. The van der Waals surface area contributed by atoms with Gasteiger partial charge in [0.25, 0.3) is 5.91 Å². The van der Waals surface area contributed by atoms with Crippen molar-refractivity contribution in [2.45, 2.75) is 0 Å². The highest BCUT2D eigenvalue weighted by molar-refractivity contribution is 5.94. The number of aromatic nitrogens is 1. The Morgan fingerprint density at radius 2 is 1.96 bits per heavy atom. The molecular weight excluding hydrogens is 306 g/mol. The molecule has 1 fully saturated rings. The molecule has 2 heterocycles. The van der Waals surface area contributed by atoms with E-state index < -0.39 is 0 Å². The summed E-state index contributed by atoms with van der Waals surface area (Å²) in [6.45, 7) is 3.32. The Labute approximate surface area is 140 Å². The third-order valence-electron chi connectivity index (χ3n) is 3.70. The van der Waals surface area contributed by atoms with Gasteiger partial charge in [0.2, 0.25) is 0 Å². The van der Waals surface area contributed by atoms with Gasteiger partial charge in [-0.15, -0.1) is 0 Å². The maximum Gasteiger partial charge on any atom is 0.272 e. The molecule has 24 heavy (non-hydrogen) atoms. The molecule has 0 spiro atoms. The zero-order valence-electron chi connectivity index (χ0n) is 13.2. The molecule has 1 aliphatic heterocycles. The number of nitrogens with two attached hydrogens (primary N) is 1. The first-order chi connectivity index (χ1) is 11.7. The molecule has 0 aliphatic carbocycles. The number of nitrogens with zero attached hydrogens (tertiary/aromatic N) is 3. The van der Waals surface area contributed by atoms with E-state index in [4.69, 9.17) is 10.5 Å². The molecule has 3 rings (SSSR count). The molecule has 3 N–H and O–H groups in total. The Bertz CT molecular complexity index is 707. The number of ether oxygens (including phenoxy) is 1. The Kier molecular flexibility index (Phi) is 5.02. The van der Waals surface area contributed by atoms with Crippen LogP contribution in [0.25, 0.3) is 0 Å². The van der Waals surface area contributed by atoms with Crippen molar-refractivity contribution < 1.29 is 9.53 Å². The van der Waals surface area contributed by atoms with Gasteiger partial charge in [0.05, 0.1) is 25.0 Å². The summed E-state index contributed by atoms with van der Waals surface area (Å²) in [5.41, 5.74) is 10.4. The van der Waals surface area contributed by atoms with Gasteiger partial charge in [0.1, 0.15) is 5.82 Å². The largest absolute Gasteiger partial charge is 0.384 e. The average molecular weight is 325 g/mol. The lowest BCUT2D eigenvalue weighted by molar-refractivity contribution is 0.0955. The lowest BCUT2D eigenvalue weighted by atomic mass is 10.2. The van der Waals surface area contributed by atoms with Crippen LogP contribution in [-0.2, 0) is 4.74 Å². The Balaban J connectivity index is 1.56. The molecule has 1 aromatic heterocycles. The zero-order valence-corrected chi connectivity index (χ0v) is 13.2. The number of carbonyl (C=O) groups is 1. The molecule has 0 atom stereocenters. The number of pyridine rings is 1. The van der Waals surface area contributed by atoms with Crippen molar-refractivity contribution in [3.63, 3.8) is 0 Å². The maximum atomic E-state index is 11.9. The van der Waals surface area contributed by atoms with Crippen molar-refractivity contribution in [2.75, 3.05) is 36.9 Å². The number of rotatable bonds is 4. The standard InChI is InChI=1S/C17H19N5O2/c18-16-6-3-14(12-19-16)17(23)21-20-11-13-1-4-15(5-2-13)22-7-9-24-10-8-22/h1-6,11-12H,7-10H2,(H2,18,19)(H,21,23)/b20-11+. The summed E-state index contributed by atoms with van der Waals surface area (Å²) in [6.07, 6.45) is 3.02. The number of morpholine rings is 1. The predicted octanol–water partition coefficient (Wildman–Crippen LogP) is 1.26. The summed E-state index contributed by atoms with van der Waals surface area (Å²) >= 11 is 0. The molecule has 1 aromatic carbocycles. The number of nitrogen functional groups attached to an aromatic ring is 1. The zero-order chi connectivity index (χ0) is 16.8. The molecule has 0 unspecified atom stereocenters. The van der Waals surface area contributed by atoms with Gasteiger partial charge < -0.3 is 15.4 Å². The molecule has 1 saturated heterocycles. The Hall–Kier alpha value is -2.93. The Morgan fingerprint density at radius 1 is 1.21 bits per heavy atom. The molecule has 1 amide bonds. The predicted molar refractivity (Wildman–Crippen MR) is 93.2 cm³/mol. The van der Waals surface area contributed by atoms with Gasteiger partial charge in [0.15, 0.2) is 0 Å². The quantitative estimate of drug-likeness (QED) is 0.652. The highest BCUT2D eigenvalue weighted by Gasteiger charge is 2.10. The summed E-state index contributed by atoms with van der Waals surface area (Å²) in [6, 6.07) is 11.2. The van der Waals surface area contributed by atoms with E-state index in [0.717, 1.165) is 37.6 Å². The minimum atomic E-state index is -0.330. The number of benzene rings is 1. The highest BCUT2D eigenvalue weighted by Crippen LogP contribution is 2.15. The molecule has 7 nitrogen and oxygen atoms in total. The van der Waals surface area contributed by atoms with Gasteiger partial charge in [-0.05, 0) is 29.8 Å². The molecule has 0 saturated carbocycles. The number of nitrogens with one attached hydrogen (secondary N) is 1. The maximum absolute atomic E-state index is 11.9. The van der Waals surface area contributed by atoms with Crippen LogP contribution in [0.1, 0.15) is 15.9 Å². The number of hydrogen-bond donors (Lipinski definition) is 2. The van der Waals surface area contributed by atoms with Gasteiger partial charge in [-0.2, -0.15) is 5.10 Å².